The second kappa shape index (κ2) is 6.31. The predicted molar refractivity (Wildman–Crippen MR) is 60.4 cm³/mol. The minimum absolute atomic E-state index is 0.188. The van der Waals surface area contributed by atoms with E-state index in [9.17, 15) is 14.4 Å². The van der Waals surface area contributed by atoms with Gasteiger partial charge in [0.15, 0.2) is 0 Å². The van der Waals surface area contributed by atoms with Gasteiger partial charge in [-0.2, -0.15) is 0 Å². The Balaban J connectivity index is 2.65. The van der Waals surface area contributed by atoms with E-state index in [1.807, 2.05) is 0 Å². The van der Waals surface area contributed by atoms with E-state index in [0.29, 0.717) is 19.4 Å². The quantitative estimate of drug-likeness (QED) is 0.431. The number of nitrogens with two attached hydrogens (primary N) is 1. The highest BCUT2D eigenvalue weighted by molar-refractivity contribution is 5.91. The minimum atomic E-state index is -1.35. The van der Waals surface area contributed by atoms with Crippen molar-refractivity contribution in [3.63, 3.8) is 0 Å². The first-order chi connectivity index (χ1) is 8.51. The van der Waals surface area contributed by atoms with Crippen LogP contribution in [-0.2, 0) is 14.4 Å². The first-order valence-corrected chi connectivity index (χ1v) is 5.64. The van der Waals surface area contributed by atoms with Crippen molar-refractivity contribution >= 4 is 17.8 Å². The second-order valence-electron chi connectivity index (χ2n) is 4.03. The Hall–Kier alpha value is -1.67. The zero-order valence-corrected chi connectivity index (χ0v) is 9.83. The molecule has 2 amide bonds. The first-order valence-electron chi connectivity index (χ1n) is 5.64. The van der Waals surface area contributed by atoms with E-state index >= 15 is 0 Å². The lowest BCUT2D eigenvalue weighted by Crippen LogP contribution is -2.52. The summed E-state index contributed by atoms with van der Waals surface area (Å²) in [5, 5.41) is 19.7. The lowest BCUT2D eigenvalue weighted by Gasteiger charge is -2.24. The Morgan fingerprint density at radius 1 is 1.44 bits per heavy atom. The molecule has 1 heterocycles. The number of carboxylic acid groups (broad SMARTS) is 1. The number of carboxylic acids is 1. The number of amides is 2. The molecule has 2 unspecified atom stereocenters. The Labute approximate surface area is 104 Å². The van der Waals surface area contributed by atoms with Crippen molar-refractivity contribution in [1.29, 1.82) is 0 Å². The van der Waals surface area contributed by atoms with Crippen molar-refractivity contribution < 1.29 is 24.6 Å². The highest BCUT2D eigenvalue weighted by Gasteiger charge is 2.35. The van der Waals surface area contributed by atoms with E-state index in [0.717, 1.165) is 0 Å². The van der Waals surface area contributed by atoms with Crippen molar-refractivity contribution in [1.82, 2.24) is 10.2 Å². The fourth-order valence-corrected chi connectivity index (χ4v) is 1.91. The topological polar surface area (TPSA) is 133 Å². The number of aliphatic hydroxyl groups is 1. The SMILES string of the molecule is NCC(=O)N1CCCC1C(=O)NC(CO)C(=O)O. The molecule has 0 aromatic carbocycles. The molecule has 102 valence electrons. The predicted octanol–water partition coefficient (Wildman–Crippen LogP) is -2.50. The molecule has 0 radical (unpaired) electrons. The Morgan fingerprint density at radius 2 is 2.11 bits per heavy atom. The van der Waals surface area contributed by atoms with E-state index < -0.39 is 30.6 Å². The summed E-state index contributed by atoms with van der Waals surface area (Å²) in [6, 6.07) is -2.05. The summed E-state index contributed by atoms with van der Waals surface area (Å²) in [5.74, 6) is -2.24. The Bertz CT molecular complexity index is 346. The molecule has 0 aromatic rings. The number of nitrogens with one attached hydrogen (secondary N) is 1. The Kier molecular flexibility index (Phi) is 5.05. The lowest BCUT2D eigenvalue weighted by atomic mass is 10.2. The Morgan fingerprint density at radius 3 is 2.61 bits per heavy atom. The normalized spacial score (nSPS) is 20.6. The third-order valence-corrected chi connectivity index (χ3v) is 2.85. The maximum atomic E-state index is 11.8. The van der Waals surface area contributed by atoms with E-state index in [4.69, 9.17) is 15.9 Å². The van der Waals surface area contributed by atoms with Gasteiger partial charge in [0.05, 0.1) is 13.2 Å². The highest BCUT2D eigenvalue weighted by atomic mass is 16.4. The number of rotatable bonds is 5. The molecule has 1 saturated heterocycles. The molecule has 0 aliphatic carbocycles. The van der Waals surface area contributed by atoms with Crippen molar-refractivity contribution in [3.05, 3.63) is 0 Å². The third kappa shape index (κ3) is 3.17. The summed E-state index contributed by atoms with van der Waals surface area (Å²) in [4.78, 5) is 35.3. The van der Waals surface area contributed by atoms with Crippen LogP contribution in [0.5, 0.6) is 0 Å². The first kappa shape index (κ1) is 14.4. The molecular weight excluding hydrogens is 242 g/mol. The monoisotopic (exact) mass is 259 g/mol. The summed E-state index contributed by atoms with van der Waals surface area (Å²) in [6.07, 6.45) is 1.13. The summed E-state index contributed by atoms with van der Waals surface area (Å²) >= 11 is 0. The van der Waals surface area contributed by atoms with Crippen LogP contribution in [0.15, 0.2) is 0 Å². The van der Waals surface area contributed by atoms with Gasteiger partial charge < -0.3 is 26.2 Å². The van der Waals surface area contributed by atoms with Crippen LogP contribution in [0.25, 0.3) is 0 Å². The molecule has 8 nitrogen and oxygen atoms in total. The largest absolute Gasteiger partial charge is 0.480 e. The average Bonchev–Trinajstić information content (AvgIpc) is 2.83. The summed E-state index contributed by atoms with van der Waals surface area (Å²) in [5.41, 5.74) is 5.23. The second-order valence-corrected chi connectivity index (χ2v) is 4.03. The van der Waals surface area contributed by atoms with E-state index in [1.54, 1.807) is 0 Å². The van der Waals surface area contributed by atoms with Gasteiger partial charge in [0.1, 0.15) is 12.1 Å². The van der Waals surface area contributed by atoms with Gasteiger partial charge >= 0.3 is 5.97 Å². The van der Waals surface area contributed by atoms with Crippen LogP contribution in [0.3, 0.4) is 0 Å². The number of aliphatic hydroxyl groups excluding tert-OH is 1. The molecule has 18 heavy (non-hydrogen) atoms. The fraction of sp³-hybridized carbons (Fsp3) is 0.700. The van der Waals surface area contributed by atoms with E-state index in [2.05, 4.69) is 5.32 Å². The smallest absolute Gasteiger partial charge is 0.328 e. The van der Waals surface area contributed by atoms with Gasteiger partial charge in [-0.15, -0.1) is 0 Å². The van der Waals surface area contributed by atoms with Crippen LogP contribution in [0, 0.1) is 0 Å². The van der Waals surface area contributed by atoms with Gasteiger partial charge in [-0.25, -0.2) is 4.79 Å². The molecule has 1 aliphatic heterocycles. The summed E-state index contributed by atoms with van der Waals surface area (Å²) in [7, 11) is 0. The molecule has 8 heteroatoms. The van der Waals surface area contributed by atoms with Gasteiger partial charge in [-0.3, -0.25) is 9.59 Å². The van der Waals surface area contributed by atoms with Crippen LogP contribution in [0.2, 0.25) is 0 Å². The maximum Gasteiger partial charge on any atom is 0.328 e. The molecule has 0 spiro atoms. The van der Waals surface area contributed by atoms with Crippen LogP contribution < -0.4 is 11.1 Å². The van der Waals surface area contributed by atoms with Crippen LogP contribution in [0.1, 0.15) is 12.8 Å². The number of carbonyl (C=O) groups excluding carboxylic acids is 2. The number of carbonyl (C=O) groups is 3. The van der Waals surface area contributed by atoms with Gasteiger partial charge in [-0.1, -0.05) is 0 Å². The molecule has 1 aliphatic rings. The maximum absolute atomic E-state index is 11.8. The number of likely N-dealkylation sites (tertiary alicyclic amines) is 1. The number of nitrogens with zero attached hydrogens (tertiary/aromatic N) is 1. The van der Waals surface area contributed by atoms with Crippen molar-refractivity contribution in [2.24, 2.45) is 5.73 Å². The van der Waals surface area contributed by atoms with Gasteiger partial charge in [0, 0.05) is 6.54 Å². The van der Waals surface area contributed by atoms with Gasteiger partial charge in [0.2, 0.25) is 11.8 Å². The average molecular weight is 259 g/mol. The molecule has 0 saturated carbocycles. The van der Waals surface area contributed by atoms with Crippen LogP contribution >= 0.6 is 0 Å². The van der Waals surface area contributed by atoms with Crippen molar-refractivity contribution in [2.45, 2.75) is 24.9 Å². The van der Waals surface area contributed by atoms with Crippen molar-refractivity contribution in [3.8, 4) is 0 Å². The number of hydrogen-bond acceptors (Lipinski definition) is 5. The summed E-state index contributed by atoms with van der Waals surface area (Å²) in [6.45, 7) is -0.449. The minimum Gasteiger partial charge on any atom is -0.480 e. The van der Waals surface area contributed by atoms with Gasteiger partial charge in [-0.05, 0) is 12.8 Å². The zero-order chi connectivity index (χ0) is 13.7. The lowest BCUT2D eigenvalue weighted by molar-refractivity contribution is -0.144. The van der Waals surface area contributed by atoms with E-state index in [1.165, 1.54) is 4.90 Å². The molecule has 0 bridgehead atoms. The number of aliphatic carboxylic acids is 1. The molecule has 5 N–H and O–H groups in total. The molecule has 1 fully saturated rings. The number of hydrogen-bond donors (Lipinski definition) is 4. The molecule has 2 atom stereocenters. The molecule has 0 aromatic heterocycles. The zero-order valence-electron chi connectivity index (χ0n) is 9.83. The third-order valence-electron chi connectivity index (χ3n) is 2.85. The summed E-state index contributed by atoms with van der Waals surface area (Å²) < 4.78 is 0. The van der Waals surface area contributed by atoms with Crippen molar-refractivity contribution in [2.75, 3.05) is 19.7 Å². The van der Waals surface area contributed by atoms with Crippen LogP contribution in [-0.4, -0.2) is 64.7 Å². The van der Waals surface area contributed by atoms with Gasteiger partial charge in [0.25, 0.3) is 0 Å². The van der Waals surface area contributed by atoms with E-state index in [-0.39, 0.29) is 12.5 Å². The van der Waals surface area contributed by atoms with Crippen LogP contribution in [0.4, 0.5) is 0 Å². The standard InChI is InChI=1S/C10H17N3O5/c11-4-8(15)13-3-1-2-7(13)9(16)12-6(5-14)10(17)18/h6-7,14H,1-5,11H2,(H,12,16)(H,17,18). The molecule has 1 rings (SSSR count). The molecular formula is C10H17N3O5. The highest BCUT2D eigenvalue weighted by Crippen LogP contribution is 2.17. The fourth-order valence-electron chi connectivity index (χ4n) is 1.91.